The van der Waals surface area contributed by atoms with E-state index in [2.05, 4.69) is 71.2 Å². The van der Waals surface area contributed by atoms with Crippen LogP contribution >= 0.6 is 15.9 Å². The maximum Gasteiger partial charge on any atom is 0.0497 e. The first-order valence-corrected chi connectivity index (χ1v) is 8.97. The molecule has 0 bridgehead atoms. The van der Waals surface area contributed by atoms with Crippen LogP contribution in [0.5, 0.6) is 0 Å². The third kappa shape index (κ3) is 3.36. The van der Waals surface area contributed by atoms with Crippen LogP contribution in [-0.2, 0) is 6.42 Å². The van der Waals surface area contributed by atoms with Crippen molar-refractivity contribution in [2.75, 3.05) is 6.54 Å². The van der Waals surface area contributed by atoms with Crippen molar-refractivity contribution >= 4 is 26.8 Å². The summed E-state index contributed by atoms with van der Waals surface area (Å²) in [5.74, 6) is 0. The molecule has 3 N–H and O–H groups in total. The zero-order chi connectivity index (χ0) is 16.4. The largest absolute Gasteiger partial charge is 0.354 e. The van der Waals surface area contributed by atoms with Crippen molar-refractivity contribution in [3.63, 3.8) is 0 Å². The summed E-state index contributed by atoms with van der Waals surface area (Å²) in [4.78, 5) is 3.66. The topological polar surface area (TPSA) is 41.8 Å². The van der Waals surface area contributed by atoms with E-state index in [0.717, 1.165) is 30.3 Å². The second kappa shape index (κ2) is 6.90. The molecule has 3 heteroatoms. The van der Waals surface area contributed by atoms with Gasteiger partial charge in [-0.05, 0) is 80.1 Å². The third-order valence-corrected chi connectivity index (χ3v) is 4.89. The molecule has 0 saturated carbocycles. The van der Waals surface area contributed by atoms with E-state index in [1.54, 1.807) is 0 Å². The van der Waals surface area contributed by atoms with Crippen LogP contribution in [0.25, 0.3) is 22.2 Å². The summed E-state index contributed by atoms with van der Waals surface area (Å²) in [7, 11) is 0. The predicted molar refractivity (Wildman–Crippen MR) is 103 cm³/mol. The minimum absolute atomic E-state index is 0.758. The second-order valence-corrected chi connectivity index (χ2v) is 7.15. The minimum Gasteiger partial charge on any atom is -0.354 e. The van der Waals surface area contributed by atoms with Gasteiger partial charge in [-0.3, -0.25) is 0 Å². The highest BCUT2D eigenvalue weighted by Crippen LogP contribution is 2.34. The summed E-state index contributed by atoms with van der Waals surface area (Å²) < 4.78 is 1.11. The van der Waals surface area contributed by atoms with Crippen molar-refractivity contribution < 1.29 is 0 Å². The zero-order valence-electron chi connectivity index (χ0n) is 13.7. The van der Waals surface area contributed by atoms with E-state index < -0.39 is 0 Å². The van der Waals surface area contributed by atoms with Gasteiger partial charge in [0, 0.05) is 21.1 Å². The number of nitrogens with one attached hydrogen (secondary N) is 1. The van der Waals surface area contributed by atoms with Crippen LogP contribution in [0.15, 0.2) is 40.9 Å². The van der Waals surface area contributed by atoms with Crippen LogP contribution in [0.2, 0.25) is 0 Å². The fraction of sp³-hybridized carbons (Fsp3) is 0.300. The summed E-state index contributed by atoms with van der Waals surface area (Å²) >= 11 is 3.52. The van der Waals surface area contributed by atoms with Crippen molar-refractivity contribution in [2.24, 2.45) is 5.73 Å². The molecule has 0 aliphatic heterocycles. The molecule has 1 aromatic heterocycles. The number of hydrogen-bond donors (Lipinski definition) is 2. The molecule has 0 fully saturated rings. The Balaban J connectivity index is 2.16. The number of benzene rings is 2. The van der Waals surface area contributed by atoms with Crippen molar-refractivity contribution in [1.29, 1.82) is 0 Å². The molecule has 3 aromatic rings. The smallest absolute Gasteiger partial charge is 0.0497 e. The van der Waals surface area contributed by atoms with Gasteiger partial charge in [0.15, 0.2) is 0 Å². The predicted octanol–water partition coefficient (Wildman–Crippen LogP) is 5.50. The number of nitrogens with two attached hydrogens (primary N) is 1. The molecule has 2 nitrogen and oxygen atoms in total. The summed E-state index contributed by atoms with van der Waals surface area (Å²) in [6.45, 7) is 5.12. The number of aromatic amines is 1. The average Bonchev–Trinajstić information content (AvgIpc) is 2.87. The Kier molecular flexibility index (Phi) is 4.88. The first kappa shape index (κ1) is 16.3. The molecule has 0 aliphatic rings. The van der Waals surface area contributed by atoms with Crippen molar-refractivity contribution in [2.45, 2.75) is 33.1 Å². The molecular weight excluding hydrogens is 348 g/mol. The summed E-state index contributed by atoms with van der Waals surface area (Å²) in [5.41, 5.74) is 13.5. The lowest BCUT2D eigenvalue weighted by atomic mass is 9.97. The Morgan fingerprint density at radius 1 is 1.04 bits per heavy atom. The van der Waals surface area contributed by atoms with Crippen LogP contribution in [-0.4, -0.2) is 11.5 Å². The molecule has 1 heterocycles. The lowest BCUT2D eigenvalue weighted by Gasteiger charge is -2.07. The Bertz CT molecular complexity index is 816. The number of aromatic nitrogens is 1. The van der Waals surface area contributed by atoms with E-state index in [9.17, 15) is 0 Å². The van der Waals surface area contributed by atoms with Gasteiger partial charge in [-0.1, -0.05) is 34.1 Å². The van der Waals surface area contributed by atoms with Gasteiger partial charge < -0.3 is 10.7 Å². The van der Waals surface area contributed by atoms with Crippen molar-refractivity contribution in [3.05, 3.63) is 57.6 Å². The fourth-order valence-electron chi connectivity index (χ4n) is 3.36. The Morgan fingerprint density at radius 2 is 1.78 bits per heavy atom. The van der Waals surface area contributed by atoms with Gasteiger partial charge in [-0.2, -0.15) is 0 Å². The van der Waals surface area contributed by atoms with Gasteiger partial charge in [-0.15, -0.1) is 0 Å². The highest BCUT2D eigenvalue weighted by molar-refractivity contribution is 9.10. The Hall–Kier alpha value is -1.58. The highest BCUT2D eigenvalue weighted by Gasteiger charge is 2.15. The number of fused-ring (bicyclic) bond motifs is 1. The van der Waals surface area contributed by atoms with Gasteiger partial charge in [0.25, 0.3) is 0 Å². The molecule has 0 amide bonds. The molecule has 0 saturated heterocycles. The second-order valence-electron chi connectivity index (χ2n) is 6.24. The lowest BCUT2D eigenvalue weighted by Crippen LogP contribution is -1.99. The van der Waals surface area contributed by atoms with Crippen molar-refractivity contribution in [1.82, 2.24) is 4.98 Å². The van der Waals surface area contributed by atoms with E-state index in [1.165, 1.54) is 38.9 Å². The molecule has 23 heavy (non-hydrogen) atoms. The monoisotopic (exact) mass is 370 g/mol. The normalized spacial score (nSPS) is 11.3. The highest BCUT2D eigenvalue weighted by atomic mass is 79.9. The van der Waals surface area contributed by atoms with Crippen LogP contribution in [0.3, 0.4) is 0 Å². The summed E-state index contributed by atoms with van der Waals surface area (Å²) in [6.07, 6.45) is 3.25. The van der Waals surface area contributed by atoms with Crippen LogP contribution in [0.1, 0.15) is 29.5 Å². The molecule has 0 atom stereocenters. The molecule has 0 spiro atoms. The molecule has 0 radical (unpaired) electrons. The maximum absolute atomic E-state index is 5.68. The van der Waals surface area contributed by atoms with Crippen LogP contribution in [0, 0.1) is 13.8 Å². The SMILES string of the molecule is Cc1cc(C)c2c(CCCCN)c(-c3ccc(Br)cc3)[nH]c2c1. The van der Waals surface area contributed by atoms with E-state index >= 15 is 0 Å². The Labute approximate surface area is 146 Å². The molecule has 0 unspecified atom stereocenters. The van der Waals surface area contributed by atoms with Gasteiger partial charge in [-0.25, -0.2) is 0 Å². The minimum atomic E-state index is 0.758. The first-order valence-electron chi connectivity index (χ1n) is 8.18. The van der Waals surface area contributed by atoms with E-state index in [4.69, 9.17) is 5.73 Å². The lowest BCUT2D eigenvalue weighted by molar-refractivity contribution is 0.748. The summed E-state index contributed by atoms with van der Waals surface area (Å²) in [6, 6.07) is 13.1. The number of rotatable bonds is 5. The average molecular weight is 371 g/mol. The number of hydrogen-bond acceptors (Lipinski definition) is 1. The van der Waals surface area contributed by atoms with Gasteiger partial charge in [0.05, 0.1) is 0 Å². The van der Waals surface area contributed by atoms with Gasteiger partial charge in [0.1, 0.15) is 0 Å². The molecule has 0 aliphatic carbocycles. The molecule has 120 valence electrons. The summed E-state index contributed by atoms with van der Waals surface area (Å²) in [5, 5.41) is 1.38. The fourth-order valence-corrected chi connectivity index (χ4v) is 3.63. The third-order valence-electron chi connectivity index (χ3n) is 4.36. The standard InChI is InChI=1S/C20H23BrN2/c1-13-11-14(2)19-17(5-3-4-10-22)20(23-18(19)12-13)15-6-8-16(21)9-7-15/h6-9,11-12,23H,3-5,10,22H2,1-2H3. The van der Waals surface area contributed by atoms with Crippen LogP contribution < -0.4 is 5.73 Å². The molecular formula is C20H23BrN2. The molecule has 2 aromatic carbocycles. The zero-order valence-corrected chi connectivity index (χ0v) is 15.3. The van der Waals surface area contributed by atoms with Gasteiger partial charge in [0.2, 0.25) is 0 Å². The van der Waals surface area contributed by atoms with Crippen molar-refractivity contribution in [3.8, 4) is 11.3 Å². The molecule has 3 rings (SSSR count). The quantitative estimate of drug-likeness (QED) is 0.572. The van der Waals surface area contributed by atoms with Crippen LogP contribution in [0.4, 0.5) is 0 Å². The number of H-pyrrole nitrogens is 1. The number of halogens is 1. The van der Waals surface area contributed by atoms with E-state index in [1.807, 2.05) is 0 Å². The maximum atomic E-state index is 5.68. The Morgan fingerprint density at radius 3 is 2.48 bits per heavy atom. The van der Waals surface area contributed by atoms with Gasteiger partial charge >= 0.3 is 0 Å². The number of unbranched alkanes of at least 4 members (excludes halogenated alkanes) is 1. The van der Waals surface area contributed by atoms with E-state index in [0.29, 0.717) is 0 Å². The van der Waals surface area contributed by atoms with E-state index in [-0.39, 0.29) is 0 Å². The number of aryl methyl sites for hydroxylation is 3. The first-order chi connectivity index (χ1) is 11.1.